The van der Waals surface area contributed by atoms with E-state index in [2.05, 4.69) is 28.2 Å². The van der Waals surface area contributed by atoms with Gasteiger partial charge in [-0.2, -0.15) is 0 Å². The van der Waals surface area contributed by atoms with E-state index in [4.69, 9.17) is 5.73 Å². The molecule has 1 unspecified atom stereocenters. The Bertz CT molecular complexity index is 340. The van der Waals surface area contributed by atoms with Crippen molar-refractivity contribution < 1.29 is 4.39 Å². The van der Waals surface area contributed by atoms with Gasteiger partial charge in [0.15, 0.2) is 0 Å². The van der Waals surface area contributed by atoms with Crippen molar-refractivity contribution in [3.05, 3.63) is 34.1 Å². The van der Waals surface area contributed by atoms with Crippen molar-refractivity contribution in [1.82, 2.24) is 5.32 Å². The molecular weight excluding hydrogens is 283 g/mol. The number of hydrogen-bond donors (Lipinski definition) is 2. The van der Waals surface area contributed by atoms with Crippen molar-refractivity contribution in [3.8, 4) is 0 Å². The number of nitrogens with two attached hydrogens (primary N) is 1. The van der Waals surface area contributed by atoms with E-state index in [0.717, 1.165) is 29.5 Å². The fraction of sp³-hybridized carbons (Fsp3) is 0.538. The molecule has 0 aromatic heterocycles. The minimum absolute atomic E-state index is 0.138. The zero-order chi connectivity index (χ0) is 12.7. The molecule has 0 aliphatic carbocycles. The fourth-order valence-corrected chi connectivity index (χ4v) is 2.07. The number of rotatable bonds is 7. The Morgan fingerprint density at radius 2 is 2.24 bits per heavy atom. The Labute approximate surface area is 111 Å². The Morgan fingerprint density at radius 1 is 1.47 bits per heavy atom. The molecule has 0 saturated heterocycles. The average molecular weight is 303 g/mol. The summed E-state index contributed by atoms with van der Waals surface area (Å²) in [5.74, 6) is 0.378. The molecular formula is C13H20BrFN2. The van der Waals surface area contributed by atoms with E-state index >= 15 is 0 Å². The molecule has 1 atom stereocenters. The molecule has 0 amide bonds. The van der Waals surface area contributed by atoms with Crippen LogP contribution in [0.25, 0.3) is 0 Å². The molecule has 0 heterocycles. The molecule has 2 nitrogen and oxygen atoms in total. The molecule has 17 heavy (non-hydrogen) atoms. The second-order valence-electron chi connectivity index (χ2n) is 4.20. The van der Waals surface area contributed by atoms with Crippen molar-refractivity contribution >= 4 is 15.9 Å². The van der Waals surface area contributed by atoms with E-state index < -0.39 is 0 Å². The number of halogens is 2. The lowest BCUT2D eigenvalue weighted by molar-refractivity contribution is 0.472. The second kappa shape index (κ2) is 7.80. The molecule has 0 radical (unpaired) electrons. The first-order valence-corrected chi connectivity index (χ1v) is 6.81. The van der Waals surface area contributed by atoms with Gasteiger partial charge in [0.1, 0.15) is 5.82 Å². The van der Waals surface area contributed by atoms with Crippen molar-refractivity contribution in [2.24, 2.45) is 11.7 Å². The largest absolute Gasteiger partial charge is 0.330 e. The average Bonchev–Trinajstić information content (AvgIpc) is 2.33. The molecule has 1 aromatic carbocycles. The number of hydrogen-bond acceptors (Lipinski definition) is 2. The maximum Gasteiger partial charge on any atom is 0.126 e. The summed E-state index contributed by atoms with van der Waals surface area (Å²) in [4.78, 5) is 0. The van der Waals surface area contributed by atoms with Gasteiger partial charge in [0, 0.05) is 4.47 Å². The van der Waals surface area contributed by atoms with Gasteiger partial charge in [-0.15, -0.1) is 0 Å². The first kappa shape index (κ1) is 14.6. The monoisotopic (exact) mass is 302 g/mol. The third kappa shape index (κ3) is 5.15. The lowest BCUT2D eigenvalue weighted by atomic mass is 10.1. The van der Waals surface area contributed by atoms with Crippen LogP contribution in [-0.4, -0.2) is 19.6 Å². The number of benzene rings is 1. The Hall–Kier alpha value is -0.450. The molecule has 1 aromatic rings. The summed E-state index contributed by atoms with van der Waals surface area (Å²) in [6.45, 7) is 4.52. The minimum atomic E-state index is -0.138. The Morgan fingerprint density at radius 3 is 2.88 bits per heavy atom. The summed E-state index contributed by atoms with van der Waals surface area (Å²) in [7, 11) is 0. The summed E-state index contributed by atoms with van der Waals surface area (Å²) in [6.07, 6.45) is 1.78. The smallest absolute Gasteiger partial charge is 0.126 e. The van der Waals surface area contributed by atoms with Crippen LogP contribution < -0.4 is 11.1 Å². The second-order valence-corrected chi connectivity index (χ2v) is 5.12. The van der Waals surface area contributed by atoms with Gasteiger partial charge in [0.05, 0.1) is 0 Å². The highest BCUT2D eigenvalue weighted by molar-refractivity contribution is 9.10. The topological polar surface area (TPSA) is 38.0 Å². The lowest BCUT2D eigenvalue weighted by Crippen LogP contribution is -2.29. The van der Waals surface area contributed by atoms with Crippen LogP contribution in [0.1, 0.15) is 18.9 Å². The summed E-state index contributed by atoms with van der Waals surface area (Å²) in [5.41, 5.74) is 6.36. The summed E-state index contributed by atoms with van der Waals surface area (Å²) < 4.78 is 14.3. The molecule has 1 rings (SSSR count). The molecule has 0 aliphatic rings. The lowest BCUT2D eigenvalue weighted by Gasteiger charge is -2.13. The summed E-state index contributed by atoms with van der Waals surface area (Å²) >= 11 is 3.35. The first-order chi connectivity index (χ1) is 8.17. The molecule has 96 valence electrons. The quantitative estimate of drug-likeness (QED) is 0.760. The first-order valence-electron chi connectivity index (χ1n) is 6.02. The molecule has 0 saturated carbocycles. The fourth-order valence-electron chi connectivity index (χ4n) is 1.66. The van der Waals surface area contributed by atoms with Crippen LogP contribution in [0.5, 0.6) is 0 Å². The van der Waals surface area contributed by atoms with Gasteiger partial charge in [-0.05, 0) is 55.7 Å². The van der Waals surface area contributed by atoms with E-state index in [-0.39, 0.29) is 5.82 Å². The van der Waals surface area contributed by atoms with Gasteiger partial charge in [0.2, 0.25) is 0 Å². The SMILES string of the molecule is CCC(CN)CNCCc1cc(Br)ccc1F. The maximum atomic E-state index is 13.4. The van der Waals surface area contributed by atoms with Crippen LogP contribution in [0.3, 0.4) is 0 Å². The predicted octanol–water partition coefficient (Wildman–Crippen LogP) is 2.71. The Kier molecular flexibility index (Phi) is 6.70. The standard InChI is InChI=1S/C13H20BrFN2/c1-2-10(8-16)9-17-6-5-11-7-12(14)3-4-13(11)15/h3-4,7,10,17H,2,5-6,8-9,16H2,1H3. The highest BCUT2D eigenvalue weighted by atomic mass is 79.9. The third-order valence-corrected chi connectivity index (χ3v) is 3.42. The molecule has 4 heteroatoms. The highest BCUT2D eigenvalue weighted by Gasteiger charge is 2.04. The molecule has 0 bridgehead atoms. The van der Waals surface area contributed by atoms with Crippen molar-refractivity contribution in [3.63, 3.8) is 0 Å². The van der Waals surface area contributed by atoms with Gasteiger partial charge in [-0.25, -0.2) is 4.39 Å². The Balaban J connectivity index is 2.33. The van der Waals surface area contributed by atoms with Crippen molar-refractivity contribution in [1.29, 1.82) is 0 Å². The highest BCUT2D eigenvalue weighted by Crippen LogP contribution is 2.15. The van der Waals surface area contributed by atoms with Gasteiger partial charge in [-0.3, -0.25) is 0 Å². The van der Waals surface area contributed by atoms with Gasteiger partial charge in [-0.1, -0.05) is 29.3 Å². The van der Waals surface area contributed by atoms with E-state index in [1.54, 1.807) is 6.07 Å². The van der Waals surface area contributed by atoms with E-state index in [9.17, 15) is 4.39 Å². The minimum Gasteiger partial charge on any atom is -0.330 e. The van der Waals surface area contributed by atoms with E-state index in [0.29, 0.717) is 18.9 Å². The van der Waals surface area contributed by atoms with Crippen molar-refractivity contribution in [2.45, 2.75) is 19.8 Å². The van der Waals surface area contributed by atoms with Crippen LogP contribution in [-0.2, 0) is 6.42 Å². The van der Waals surface area contributed by atoms with Crippen molar-refractivity contribution in [2.75, 3.05) is 19.6 Å². The van der Waals surface area contributed by atoms with Gasteiger partial charge < -0.3 is 11.1 Å². The van der Waals surface area contributed by atoms with Gasteiger partial charge >= 0.3 is 0 Å². The zero-order valence-electron chi connectivity index (χ0n) is 10.2. The van der Waals surface area contributed by atoms with Crippen LogP contribution in [0.2, 0.25) is 0 Å². The van der Waals surface area contributed by atoms with Crippen LogP contribution in [0.15, 0.2) is 22.7 Å². The maximum absolute atomic E-state index is 13.4. The molecule has 0 fully saturated rings. The number of nitrogens with one attached hydrogen (secondary N) is 1. The molecule has 0 aliphatic heterocycles. The third-order valence-electron chi connectivity index (χ3n) is 2.92. The summed E-state index contributed by atoms with van der Waals surface area (Å²) in [6, 6.07) is 5.04. The van der Waals surface area contributed by atoms with Crippen LogP contribution in [0.4, 0.5) is 4.39 Å². The summed E-state index contributed by atoms with van der Waals surface area (Å²) in [5, 5.41) is 3.32. The van der Waals surface area contributed by atoms with Gasteiger partial charge in [0.25, 0.3) is 0 Å². The van der Waals surface area contributed by atoms with Crippen LogP contribution >= 0.6 is 15.9 Å². The molecule has 3 N–H and O–H groups in total. The zero-order valence-corrected chi connectivity index (χ0v) is 11.8. The molecule has 0 spiro atoms. The van der Waals surface area contributed by atoms with E-state index in [1.807, 2.05) is 6.07 Å². The van der Waals surface area contributed by atoms with E-state index in [1.165, 1.54) is 6.07 Å². The normalized spacial score (nSPS) is 12.7. The predicted molar refractivity (Wildman–Crippen MR) is 73.5 cm³/mol. The van der Waals surface area contributed by atoms with Crippen LogP contribution in [0, 0.1) is 11.7 Å².